The molecule has 0 atom stereocenters. The third kappa shape index (κ3) is 3.53. The summed E-state index contributed by atoms with van der Waals surface area (Å²) in [6.45, 7) is 5.25. The summed E-state index contributed by atoms with van der Waals surface area (Å²) in [5, 5.41) is 6.22. The molecule has 3 rings (SSSR count). The Morgan fingerprint density at radius 3 is 2.88 bits per heavy atom. The van der Waals surface area contributed by atoms with Crippen LogP contribution in [0, 0.1) is 13.8 Å². The Morgan fingerprint density at radius 1 is 1.17 bits per heavy atom. The van der Waals surface area contributed by atoms with Gasteiger partial charge in [0.05, 0.1) is 12.1 Å². The number of carbonyl (C=O) groups is 1. The van der Waals surface area contributed by atoms with Crippen molar-refractivity contribution in [2.24, 2.45) is 0 Å². The van der Waals surface area contributed by atoms with Crippen LogP contribution in [0.25, 0.3) is 5.65 Å². The summed E-state index contributed by atoms with van der Waals surface area (Å²) in [4.78, 5) is 20.6. The maximum atomic E-state index is 12.1. The summed E-state index contributed by atoms with van der Waals surface area (Å²) >= 11 is 0. The molecule has 0 fully saturated rings. The number of anilines is 1. The average molecular weight is 323 g/mol. The van der Waals surface area contributed by atoms with Gasteiger partial charge in [-0.3, -0.25) is 9.78 Å². The predicted octanol–water partition coefficient (Wildman–Crippen LogP) is 2.12. The molecule has 0 aliphatic carbocycles. The number of rotatable bonds is 6. The molecule has 0 aromatic carbocycles. The molecular formula is C18H21N5O. The number of hydrogen-bond acceptors (Lipinski definition) is 4. The summed E-state index contributed by atoms with van der Waals surface area (Å²) in [7, 11) is 0. The minimum absolute atomic E-state index is 0.00782. The fourth-order valence-corrected chi connectivity index (χ4v) is 2.63. The van der Waals surface area contributed by atoms with E-state index >= 15 is 0 Å². The topological polar surface area (TPSA) is 71.3 Å². The number of carbonyl (C=O) groups excluding carboxylic acids is 1. The van der Waals surface area contributed by atoms with Gasteiger partial charge in [-0.1, -0.05) is 6.07 Å². The number of amides is 1. The van der Waals surface area contributed by atoms with Gasteiger partial charge in [0.2, 0.25) is 5.91 Å². The van der Waals surface area contributed by atoms with E-state index < -0.39 is 0 Å². The van der Waals surface area contributed by atoms with E-state index in [1.807, 2.05) is 48.8 Å². The first-order chi connectivity index (χ1) is 11.6. The van der Waals surface area contributed by atoms with Crippen LogP contribution in [0.1, 0.15) is 16.8 Å². The van der Waals surface area contributed by atoms with Crippen molar-refractivity contribution in [3.05, 3.63) is 59.8 Å². The van der Waals surface area contributed by atoms with E-state index in [-0.39, 0.29) is 5.91 Å². The Labute approximate surface area is 140 Å². The summed E-state index contributed by atoms with van der Waals surface area (Å²) in [5.41, 5.74) is 5.02. The smallest absolute Gasteiger partial charge is 0.226 e. The number of aromatic nitrogens is 3. The monoisotopic (exact) mass is 323 g/mol. The summed E-state index contributed by atoms with van der Waals surface area (Å²) in [6.07, 6.45) is 7.58. The minimum atomic E-state index is -0.00782. The summed E-state index contributed by atoms with van der Waals surface area (Å²) < 4.78 is 1.97. The Kier molecular flexibility index (Phi) is 4.74. The van der Waals surface area contributed by atoms with Crippen molar-refractivity contribution < 1.29 is 4.79 Å². The van der Waals surface area contributed by atoms with Crippen molar-refractivity contribution in [3.63, 3.8) is 0 Å². The molecule has 1 amide bonds. The maximum absolute atomic E-state index is 12.1. The first-order valence-electron chi connectivity index (χ1n) is 7.98. The highest BCUT2D eigenvalue weighted by Crippen LogP contribution is 2.12. The second-order valence-corrected chi connectivity index (χ2v) is 5.78. The Hall–Kier alpha value is -2.89. The van der Waals surface area contributed by atoms with Crippen LogP contribution >= 0.6 is 0 Å². The molecule has 0 bridgehead atoms. The van der Waals surface area contributed by atoms with Crippen LogP contribution in [0.2, 0.25) is 0 Å². The van der Waals surface area contributed by atoms with Gasteiger partial charge in [-0.2, -0.15) is 0 Å². The number of hydrogen-bond donors (Lipinski definition) is 2. The molecule has 3 heterocycles. The van der Waals surface area contributed by atoms with E-state index in [0.717, 1.165) is 28.2 Å². The normalized spacial score (nSPS) is 10.8. The molecular weight excluding hydrogens is 302 g/mol. The van der Waals surface area contributed by atoms with Crippen LogP contribution in [-0.4, -0.2) is 33.4 Å². The highest BCUT2D eigenvalue weighted by Gasteiger charge is 2.09. The van der Waals surface area contributed by atoms with Crippen LogP contribution in [0.3, 0.4) is 0 Å². The highest BCUT2D eigenvalue weighted by molar-refractivity contribution is 5.78. The van der Waals surface area contributed by atoms with Crippen molar-refractivity contribution in [1.29, 1.82) is 0 Å². The Bertz CT molecular complexity index is 855. The second-order valence-electron chi connectivity index (χ2n) is 5.78. The zero-order valence-electron chi connectivity index (χ0n) is 13.9. The van der Waals surface area contributed by atoms with E-state index in [4.69, 9.17) is 0 Å². The van der Waals surface area contributed by atoms with Crippen LogP contribution in [-0.2, 0) is 11.2 Å². The largest absolute Gasteiger partial charge is 0.383 e. The van der Waals surface area contributed by atoms with E-state index in [0.29, 0.717) is 19.5 Å². The van der Waals surface area contributed by atoms with Crippen molar-refractivity contribution in [1.82, 2.24) is 19.7 Å². The van der Waals surface area contributed by atoms with Crippen molar-refractivity contribution in [2.75, 3.05) is 18.4 Å². The van der Waals surface area contributed by atoms with Gasteiger partial charge >= 0.3 is 0 Å². The number of imidazole rings is 1. The van der Waals surface area contributed by atoms with Gasteiger partial charge in [0, 0.05) is 43.6 Å². The van der Waals surface area contributed by atoms with Gasteiger partial charge in [0.15, 0.2) is 0 Å². The standard InChI is InChI=1S/C18H21N5O/c1-13-4-3-9-23-15(12-22-18(13)23)10-17(24)21-8-7-20-16-5-6-19-11-14(16)2/h3-6,9,11-12H,7-8,10H2,1-2H3,(H,19,20)(H,21,24). The van der Waals surface area contributed by atoms with E-state index in [2.05, 4.69) is 20.6 Å². The maximum Gasteiger partial charge on any atom is 0.226 e. The zero-order chi connectivity index (χ0) is 16.9. The molecule has 0 radical (unpaired) electrons. The molecule has 6 nitrogen and oxygen atoms in total. The van der Waals surface area contributed by atoms with E-state index in [9.17, 15) is 4.79 Å². The van der Waals surface area contributed by atoms with Gasteiger partial charge < -0.3 is 15.0 Å². The number of nitrogens with one attached hydrogen (secondary N) is 2. The minimum Gasteiger partial charge on any atom is -0.383 e. The van der Waals surface area contributed by atoms with Crippen LogP contribution in [0.5, 0.6) is 0 Å². The number of aryl methyl sites for hydroxylation is 2. The highest BCUT2D eigenvalue weighted by atomic mass is 16.1. The fourth-order valence-electron chi connectivity index (χ4n) is 2.63. The van der Waals surface area contributed by atoms with Crippen molar-refractivity contribution >= 4 is 17.2 Å². The van der Waals surface area contributed by atoms with Gasteiger partial charge in [-0.05, 0) is 37.1 Å². The van der Waals surface area contributed by atoms with Crippen LogP contribution in [0.15, 0.2) is 43.0 Å². The molecule has 6 heteroatoms. The van der Waals surface area contributed by atoms with Gasteiger partial charge in [-0.15, -0.1) is 0 Å². The lowest BCUT2D eigenvalue weighted by Crippen LogP contribution is -2.30. The molecule has 0 unspecified atom stereocenters. The fraction of sp³-hybridized carbons (Fsp3) is 0.278. The lowest BCUT2D eigenvalue weighted by atomic mass is 10.2. The quantitative estimate of drug-likeness (QED) is 0.682. The molecule has 0 spiro atoms. The van der Waals surface area contributed by atoms with E-state index in [1.165, 1.54) is 0 Å². The molecule has 2 N–H and O–H groups in total. The molecule has 0 aliphatic rings. The molecule has 3 aromatic heterocycles. The van der Waals surface area contributed by atoms with E-state index in [1.54, 1.807) is 12.4 Å². The number of pyridine rings is 2. The third-order valence-corrected chi connectivity index (χ3v) is 3.93. The summed E-state index contributed by atoms with van der Waals surface area (Å²) in [5.74, 6) is -0.00782. The van der Waals surface area contributed by atoms with Crippen molar-refractivity contribution in [3.8, 4) is 0 Å². The predicted molar refractivity (Wildman–Crippen MR) is 94.1 cm³/mol. The van der Waals surface area contributed by atoms with Gasteiger partial charge in [0.1, 0.15) is 5.65 Å². The summed E-state index contributed by atoms with van der Waals surface area (Å²) in [6, 6.07) is 5.91. The average Bonchev–Trinajstić information content (AvgIpc) is 2.97. The second kappa shape index (κ2) is 7.12. The molecule has 3 aromatic rings. The third-order valence-electron chi connectivity index (χ3n) is 3.93. The lowest BCUT2D eigenvalue weighted by Gasteiger charge is -2.10. The lowest BCUT2D eigenvalue weighted by molar-refractivity contribution is -0.120. The van der Waals surface area contributed by atoms with Crippen molar-refractivity contribution in [2.45, 2.75) is 20.3 Å². The van der Waals surface area contributed by atoms with Crippen LogP contribution < -0.4 is 10.6 Å². The number of nitrogens with zero attached hydrogens (tertiary/aromatic N) is 3. The van der Waals surface area contributed by atoms with Crippen LogP contribution in [0.4, 0.5) is 5.69 Å². The van der Waals surface area contributed by atoms with Gasteiger partial charge in [-0.25, -0.2) is 4.98 Å². The van der Waals surface area contributed by atoms with Gasteiger partial charge in [0.25, 0.3) is 0 Å². The SMILES string of the molecule is Cc1cnccc1NCCNC(=O)Cc1cnc2c(C)cccn12. The molecule has 124 valence electrons. The molecule has 0 aliphatic heterocycles. The first kappa shape index (κ1) is 16.0. The molecule has 0 saturated carbocycles. The number of fused-ring (bicyclic) bond motifs is 1. The first-order valence-corrected chi connectivity index (χ1v) is 7.98. The Balaban J connectivity index is 1.51. The zero-order valence-corrected chi connectivity index (χ0v) is 13.9. The Morgan fingerprint density at radius 2 is 2.04 bits per heavy atom. The molecule has 24 heavy (non-hydrogen) atoms. The molecule has 0 saturated heterocycles.